The third-order valence-corrected chi connectivity index (χ3v) is 2.74. The lowest BCUT2D eigenvalue weighted by atomic mass is 10.2. The Morgan fingerprint density at radius 2 is 2.17 bits per heavy atom. The van der Waals surface area contributed by atoms with Gasteiger partial charge in [0.15, 0.2) is 0 Å². The van der Waals surface area contributed by atoms with Crippen LogP contribution >= 0.6 is 0 Å². The normalized spacial score (nSPS) is 18.3. The Bertz CT molecular complexity index is 442. The van der Waals surface area contributed by atoms with E-state index in [2.05, 4.69) is 10.6 Å². The Morgan fingerprint density at radius 3 is 2.72 bits per heavy atom. The molecule has 5 heteroatoms. The number of carbonyl (C=O) groups is 2. The minimum absolute atomic E-state index is 0.0677. The van der Waals surface area contributed by atoms with Crippen LogP contribution in [0.3, 0.4) is 0 Å². The number of amides is 2. The van der Waals surface area contributed by atoms with E-state index in [0.29, 0.717) is 25.1 Å². The molecule has 0 aromatic heterocycles. The summed E-state index contributed by atoms with van der Waals surface area (Å²) in [6.45, 7) is 2.53. The second-order valence-electron chi connectivity index (χ2n) is 4.11. The van der Waals surface area contributed by atoms with Crippen LogP contribution in [0.5, 0.6) is 5.75 Å². The number of nitrogens with one attached hydrogen (secondary N) is 2. The maximum atomic E-state index is 11.8. The van der Waals surface area contributed by atoms with Gasteiger partial charge in [0.05, 0.1) is 6.61 Å². The van der Waals surface area contributed by atoms with E-state index in [-0.39, 0.29) is 11.8 Å². The molecule has 0 spiro atoms. The summed E-state index contributed by atoms with van der Waals surface area (Å²) >= 11 is 0. The average molecular weight is 248 g/mol. The highest BCUT2D eigenvalue weighted by atomic mass is 16.5. The van der Waals surface area contributed by atoms with E-state index in [4.69, 9.17) is 4.74 Å². The van der Waals surface area contributed by atoms with Gasteiger partial charge in [0.25, 0.3) is 0 Å². The molecule has 5 nitrogen and oxygen atoms in total. The lowest BCUT2D eigenvalue weighted by molar-refractivity contribution is -0.122. The molecule has 1 heterocycles. The molecule has 1 fully saturated rings. The first-order chi connectivity index (χ1) is 8.69. The van der Waals surface area contributed by atoms with Gasteiger partial charge >= 0.3 is 0 Å². The first-order valence-corrected chi connectivity index (χ1v) is 6.02. The standard InChI is InChI=1S/C13H16N2O3/c1-2-18-10-5-3-9(4-6-10)14-13(17)11-7-8-12(16)15-11/h3-6,11H,2,7-8H2,1H3,(H,14,17)(H,15,16)/t11-/m1/s1. The van der Waals surface area contributed by atoms with E-state index in [9.17, 15) is 9.59 Å². The van der Waals surface area contributed by atoms with Crippen molar-refractivity contribution in [2.75, 3.05) is 11.9 Å². The van der Waals surface area contributed by atoms with Crippen molar-refractivity contribution in [2.45, 2.75) is 25.8 Å². The first-order valence-electron chi connectivity index (χ1n) is 6.02. The molecule has 0 unspecified atom stereocenters. The maximum absolute atomic E-state index is 11.8. The summed E-state index contributed by atoms with van der Waals surface area (Å²) in [7, 11) is 0. The van der Waals surface area contributed by atoms with Crippen molar-refractivity contribution < 1.29 is 14.3 Å². The number of ether oxygens (including phenoxy) is 1. The molecular weight excluding hydrogens is 232 g/mol. The predicted octanol–water partition coefficient (Wildman–Crippen LogP) is 1.30. The SMILES string of the molecule is CCOc1ccc(NC(=O)[C@H]2CCC(=O)N2)cc1. The zero-order valence-corrected chi connectivity index (χ0v) is 10.2. The molecule has 96 valence electrons. The van der Waals surface area contributed by atoms with Crippen molar-refractivity contribution >= 4 is 17.5 Å². The molecule has 1 saturated heterocycles. The summed E-state index contributed by atoms with van der Waals surface area (Å²) < 4.78 is 5.31. The number of rotatable bonds is 4. The molecule has 1 aliphatic rings. The molecule has 1 aromatic rings. The molecule has 2 N–H and O–H groups in total. The van der Waals surface area contributed by atoms with E-state index in [1.807, 2.05) is 6.92 Å². The molecule has 1 atom stereocenters. The molecule has 0 saturated carbocycles. The molecule has 0 aliphatic carbocycles. The van der Waals surface area contributed by atoms with Crippen LogP contribution in [-0.4, -0.2) is 24.5 Å². The van der Waals surface area contributed by atoms with Crippen LogP contribution in [-0.2, 0) is 9.59 Å². The predicted molar refractivity (Wildman–Crippen MR) is 67.4 cm³/mol. The van der Waals surface area contributed by atoms with Gasteiger partial charge in [0, 0.05) is 12.1 Å². The third kappa shape index (κ3) is 3.00. The molecule has 1 aromatic carbocycles. The van der Waals surface area contributed by atoms with Crippen molar-refractivity contribution in [3.05, 3.63) is 24.3 Å². The lowest BCUT2D eigenvalue weighted by Gasteiger charge is -2.11. The fraction of sp³-hybridized carbons (Fsp3) is 0.385. The van der Waals surface area contributed by atoms with Gasteiger partial charge in [-0.15, -0.1) is 0 Å². The Labute approximate surface area is 106 Å². The van der Waals surface area contributed by atoms with Gasteiger partial charge in [-0.25, -0.2) is 0 Å². The molecular formula is C13H16N2O3. The van der Waals surface area contributed by atoms with Gasteiger partial charge in [0.2, 0.25) is 11.8 Å². The summed E-state index contributed by atoms with van der Waals surface area (Å²) in [6.07, 6.45) is 0.975. The van der Waals surface area contributed by atoms with E-state index >= 15 is 0 Å². The molecule has 0 bridgehead atoms. The Morgan fingerprint density at radius 1 is 1.44 bits per heavy atom. The quantitative estimate of drug-likeness (QED) is 0.844. The minimum Gasteiger partial charge on any atom is -0.494 e. The van der Waals surface area contributed by atoms with Gasteiger partial charge in [0.1, 0.15) is 11.8 Å². The fourth-order valence-corrected chi connectivity index (χ4v) is 1.84. The number of hydrogen-bond acceptors (Lipinski definition) is 3. The van der Waals surface area contributed by atoms with Crippen LogP contribution in [0.2, 0.25) is 0 Å². The topological polar surface area (TPSA) is 67.4 Å². The lowest BCUT2D eigenvalue weighted by Crippen LogP contribution is -2.37. The highest BCUT2D eigenvalue weighted by molar-refractivity contribution is 5.98. The minimum atomic E-state index is -0.413. The molecule has 18 heavy (non-hydrogen) atoms. The highest BCUT2D eigenvalue weighted by Gasteiger charge is 2.26. The van der Waals surface area contributed by atoms with Crippen molar-refractivity contribution in [2.24, 2.45) is 0 Å². The van der Waals surface area contributed by atoms with Crippen molar-refractivity contribution in [1.82, 2.24) is 5.32 Å². The fourth-order valence-electron chi connectivity index (χ4n) is 1.84. The van der Waals surface area contributed by atoms with Crippen LogP contribution in [0.1, 0.15) is 19.8 Å². The van der Waals surface area contributed by atoms with E-state index in [1.165, 1.54) is 0 Å². The summed E-state index contributed by atoms with van der Waals surface area (Å²) in [5.74, 6) is 0.525. The summed E-state index contributed by atoms with van der Waals surface area (Å²) in [4.78, 5) is 22.8. The summed E-state index contributed by atoms with van der Waals surface area (Å²) in [6, 6.07) is 6.74. The van der Waals surface area contributed by atoms with Crippen molar-refractivity contribution in [3.63, 3.8) is 0 Å². The number of anilines is 1. The van der Waals surface area contributed by atoms with Gasteiger partial charge in [-0.1, -0.05) is 0 Å². The van der Waals surface area contributed by atoms with Gasteiger partial charge in [-0.05, 0) is 37.6 Å². The summed E-state index contributed by atoms with van der Waals surface area (Å²) in [5, 5.41) is 5.39. The highest BCUT2D eigenvalue weighted by Crippen LogP contribution is 2.16. The monoisotopic (exact) mass is 248 g/mol. The van der Waals surface area contributed by atoms with Crippen LogP contribution in [0, 0.1) is 0 Å². The second kappa shape index (κ2) is 5.53. The molecule has 1 aliphatic heterocycles. The molecule has 2 rings (SSSR count). The number of benzene rings is 1. The third-order valence-electron chi connectivity index (χ3n) is 2.74. The van der Waals surface area contributed by atoms with Crippen molar-refractivity contribution in [3.8, 4) is 5.75 Å². The maximum Gasteiger partial charge on any atom is 0.246 e. The van der Waals surface area contributed by atoms with Crippen LogP contribution < -0.4 is 15.4 Å². The molecule has 2 amide bonds. The zero-order chi connectivity index (χ0) is 13.0. The van der Waals surface area contributed by atoms with Crippen molar-refractivity contribution in [1.29, 1.82) is 0 Å². The van der Waals surface area contributed by atoms with Gasteiger partial charge in [-0.3, -0.25) is 9.59 Å². The Balaban J connectivity index is 1.92. The zero-order valence-electron chi connectivity index (χ0n) is 10.2. The van der Waals surface area contributed by atoms with Crippen LogP contribution in [0.4, 0.5) is 5.69 Å². The Hall–Kier alpha value is -2.04. The Kier molecular flexibility index (Phi) is 3.82. The van der Waals surface area contributed by atoms with Crippen LogP contribution in [0.25, 0.3) is 0 Å². The summed E-state index contributed by atoms with van der Waals surface area (Å²) in [5.41, 5.74) is 0.699. The van der Waals surface area contributed by atoms with Gasteiger partial charge in [-0.2, -0.15) is 0 Å². The molecule has 0 radical (unpaired) electrons. The second-order valence-corrected chi connectivity index (χ2v) is 4.11. The number of hydrogen-bond donors (Lipinski definition) is 2. The average Bonchev–Trinajstić information content (AvgIpc) is 2.79. The van der Waals surface area contributed by atoms with Crippen LogP contribution in [0.15, 0.2) is 24.3 Å². The largest absolute Gasteiger partial charge is 0.494 e. The van der Waals surface area contributed by atoms with Gasteiger partial charge < -0.3 is 15.4 Å². The number of carbonyl (C=O) groups excluding carboxylic acids is 2. The van der Waals surface area contributed by atoms with E-state index in [0.717, 1.165) is 5.75 Å². The smallest absolute Gasteiger partial charge is 0.246 e. The van der Waals surface area contributed by atoms with E-state index < -0.39 is 6.04 Å². The van der Waals surface area contributed by atoms with E-state index in [1.54, 1.807) is 24.3 Å². The first kappa shape index (κ1) is 12.4.